The third-order valence-electron chi connectivity index (χ3n) is 2.95. The largest absolute Gasteiger partial charge is 0.398 e. The number of nitrogens with one attached hydrogen (secondary N) is 1. The molecule has 2 rings (SSSR count). The molecule has 0 radical (unpaired) electrons. The Balaban J connectivity index is 2.28. The number of benzene rings is 2. The fourth-order valence-electron chi connectivity index (χ4n) is 1.96. The highest BCUT2D eigenvalue weighted by Crippen LogP contribution is 2.26. The summed E-state index contributed by atoms with van der Waals surface area (Å²) in [5, 5.41) is 2.87. The van der Waals surface area contributed by atoms with E-state index in [4.69, 9.17) is 5.73 Å². The monoisotopic (exact) mass is 396 g/mol. The van der Waals surface area contributed by atoms with Crippen molar-refractivity contribution in [3.05, 3.63) is 56.0 Å². The lowest BCUT2D eigenvalue weighted by molar-refractivity contribution is 0.102. The molecule has 1 amide bonds. The third kappa shape index (κ3) is 3.22. The molecule has 5 heteroatoms. The third-order valence-corrected chi connectivity index (χ3v) is 4.70. The molecule has 0 unspecified atom stereocenters. The van der Waals surface area contributed by atoms with Gasteiger partial charge in [-0.1, -0.05) is 31.9 Å². The molecule has 0 spiro atoms. The Hall–Kier alpha value is -1.33. The lowest BCUT2D eigenvalue weighted by Gasteiger charge is -2.11. The Kier molecular flexibility index (Phi) is 4.50. The number of nitrogens with two attached hydrogens (primary N) is 1. The van der Waals surface area contributed by atoms with Gasteiger partial charge in [0.1, 0.15) is 0 Å². The van der Waals surface area contributed by atoms with Crippen LogP contribution in [0.4, 0.5) is 11.4 Å². The van der Waals surface area contributed by atoms with Crippen LogP contribution in [0, 0.1) is 13.8 Å². The minimum absolute atomic E-state index is 0.212. The molecule has 0 bridgehead atoms. The number of aryl methyl sites for hydroxylation is 2. The van der Waals surface area contributed by atoms with Crippen molar-refractivity contribution in [1.29, 1.82) is 0 Å². The minimum atomic E-state index is -0.212. The summed E-state index contributed by atoms with van der Waals surface area (Å²) >= 11 is 6.83. The van der Waals surface area contributed by atoms with E-state index in [9.17, 15) is 4.79 Å². The lowest BCUT2D eigenvalue weighted by atomic mass is 10.1. The zero-order valence-electron chi connectivity index (χ0n) is 11.1. The van der Waals surface area contributed by atoms with Crippen LogP contribution < -0.4 is 11.1 Å². The second kappa shape index (κ2) is 5.97. The van der Waals surface area contributed by atoms with Crippen molar-refractivity contribution in [3.63, 3.8) is 0 Å². The Labute approximate surface area is 134 Å². The van der Waals surface area contributed by atoms with E-state index in [0.717, 1.165) is 25.8 Å². The van der Waals surface area contributed by atoms with Crippen molar-refractivity contribution in [1.82, 2.24) is 0 Å². The van der Waals surface area contributed by atoms with Crippen LogP contribution in [0.5, 0.6) is 0 Å². The van der Waals surface area contributed by atoms with Gasteiger partial charge in [-0.3, -0.25) is 4.79 Å². The van der Waals surface area contributed by atoms with Crippen molar-refractivity contribution < 1.29 is 4.79 Å². The number of hydrogen-bond acceptors (Lipinski definition) is 2. The first-order valence-electron chi connectivity index (χ1n) is 6.01. The second-order valence-corrected chi connectivity index (χ2v) is 6.32. The van der Waals surface area contributed by atoms with E-state index < -0.39 is 0 Å². The highest BCUT2D eigenvalue weighted by atomic mass is 79.9. The second-order valence-electron chi connectivity index (χ2n) is 4.61. The standard InChI is InChI=1S/C15H14Br2N2O/c1-8-5-11(6-9(2)14(8)17)19-15(20)12-4-3-10(16)7-13(12)18/h3-7H,18H2,1-2H3,(H,19,20). The number of hydrogen-bond donors (Lipinski definition) is 2. The van der Waals surface area contributed by atoms with Crippen LogP contribution in [0.15, 0.2) is 39.3 Å². The van der Waals surface area contributed by atoms with Gasteiger partial charge in [0.25, 0.3) is 5.91 Å². The molecule has 0 aromatic heterocycles. The molecule has 3 nitrogen and oxygen atoms in total. The predicted octanol–water partition coefficient (Wildman–Crippen LogP) is 4.66. The molecule has 104 valence electrons. The van der Waals surface area contributed by atoms with Crippen LogP contribution in [0.25, 0.3) is 0 Å². The Bertz CT molecular complexity index is 661. The van der Waals surface area contributed by atoms with Gasteiger partial charge in [-0.15, -0.1) is 0 Å². The van der Waals surface area contributed by atoms with Crippen LogP contribution in [0.3, 0.4) is 0 Å². The molecular weight excluding hydrogens is 384 g/mol. The first-order valence-corrected chi connectivity index (χ1v) is 7.60. The Morgan fingerprint density at radius 3 is 2.25 bits per heavy atom. The molecule has 3 N–H and O–H groups in total. The SMILES string of the molecule is Cc1cc(NC(=O)c2ccc(Br)cc2N)cc(C)c1Br. The van der Waals surface area contributed by atoms with Gasteiger partial charge in [-0.25, -0.2) is 0 Å². The van der Waals surface area contributed by atoms with Crippen molar-refractivity contribution in [2.24, 2.45) is 0 Å². The molecule has 0 saturated carbocycles. The smallest absolute Gasteiger partial charge is 0.257 e. The first-order chi connectivity index (χ1) is 9.38. The van der Waals surface area contributed by atoms with Gasteiger partial charge in [0, 0.05) is 20.3 Å². The van der Waals surface area contributed by atoms with E-state index in [0.29, 0.717) is 11.3 Å². The molecular formula is C15H14Br2N2O. The zero-order valence-corrected chi connectivity index (χ0v) is 14.3. The molecule has 2 aromatic rings. The average Bonchev–Trinajstić information content (AvgIpc) is 2.35. The van der Waals surface area contributed by atoms with Gasteiger partial charge < -0.3 is 11.1 Å². The summed E-state index contributed by atoms with van der Waals surface area (Å²) in [6.45, 7) is 3.97. The zero-order chi connectivity index (χ0) is 14.9. The summed E-state index contributed by atoms with van der Waals surface area (Å²) in [5.41, 5.74) is 9.68. The summed E-state index contributed by atoms with van der Waals surface area (Å²) in [7, 11) is 0. The molecule has 0 aliphatic heterocycles. The molecule has 2 aromatic carbocycles. The number of halogens is 2. The Morgan fingerprint density at radius 2 is 1.70 bits per heavy atom. The van der Waals surface area contributed by atoms with Crippen LogP contribution in [0.2, 0.25) is 0 Å². The molecule has 0 fully saturated rings. The minimum Gasteiger partial charge on any atom is -0.398 e. The quantitative estimate of drug-likeness (QED) is 0.723. The van der Waals surface area contributed by atoms with E-state index in [1.54, 1.807) is 18.2 Å². The molecule has 0 aliphatic carbocycles. The molecule has 0 saturated heterocycles. The summed E-state index contributed by atoms with van der Waals surface area (Å²) in [4.78, 5) is 12.2. The van der Waals surface area contributed by atoms with E-state index in [2.05, 4.69) is 37.2 Å². The van der Waals surface area contributed by atoms with E-state index in [-0.39, 0.29) is 5.91 Å². The van der Waals surface area contributed by atoms with Crippen LogP contribution in [0.1, 0.15) is 21.5 Å². The van der Waals surface area contributed by atoms with E-state index in [1.165, 1.54) is 0 Å². The van der Waals surface area contributed by atoms with Crippen LogP contribution >= 0.6 is 31.9 Å². The number of rotatable bonds is 2. The normalized spacial score (nSPS) is 10.4. The first kappa shape index (κ1) is 15.1. The highest BCUT2D eigenvalue weighted by molar-refractivity contribution is 9.10. The maximum atomic E-state index is 12.2. The molecule has 0 heterocycles. The molecule has 0 atom stereocenters. The summed E-state index contributed by atoms with van der Waals surface area (Å²) < 4.78 is 1.90. The van der Waals surface area contributed by atoms with E-state index >= 15 is 0 Å². The predicted molar refractivity (Wildman–Crippen MR) is 90.1 cm³/mol. The number of carbonyl (C=O) groups excluding carboxylic acids is 1. The average molecular weight is 398 g/mol. The topological polar surface area (TPSA) is 55.1 Å². The lowest BCUT2D eigenvalue weighted by Crippen LogP contribution is -2.14. The van der Waals surface area contributed by atoms with Gasteiger partial charge in [0.2, 0.25) is 0 Å². The molecule has 0 aliphatic rings. The Morgan fingerprint density at radius 1 is 1.10 bits per heavy atom. The van der Waals surface area contributed by atoms with Crippen molar-refractivity contribution in [2.75, 3.05) is 11.1 Å². The van der Waals surface area contributed by atoms with Crippen molar-refractivity contribution in [3.8, 4) is 0 Å². The van der Waals surface area contributed by atoms with Crippen molar-refractivity contribution >= 4 is 49.1 Å². The van der Waals surface area contributed by atoms with Gasteiger partial charge in [-0.05, 0) is 55.3 Å². The number of nitrogen functional groups attached to an aromatic ring is 1. The summed E-state index contributed by atoms with van der Waals surface area (Å²) in [6, 6.07) is 9.05. The van der Waals surface area contributed by atoms with Gasteiger partial charge in [0.05, 0.1) is 5.56 Å². The maximum Gasteiger partial charge on any atom is 0.257 e. The fourth-order valence-corrected chi connectivity index (χ4v) is 2.56. The maximum absolute atomic E-state index is 12.2. The number of anilines is 2. The fraction of sp³-hybridized carbons (Fsp3) is 0.133. The van der Waals surface area contributed by atoms with Gasteiger partial charge in [0.15, 0.2) is 0 Å². The summed E-state index contributed by atoms with van der Waals surface area (Å²) in [6.07, 6.45) is 0. The van der Waals surface area contributed by atoms with E-state index in [1.807, 2.05) is 26.0 Å². The van der Waals surface area contributed by atoms with Gasteiger partial charge in [-0.2, -0.15) is 0 Å². The summed E-state index contributed by atoms with van der Waals surface area (Å²) in [5.74, 6) is -0.212. The number of amides is 1. The number of carbonyl (C=O) groups is 1. The molecule has 20 heavy (non-hydrogen) atoms. The van der Waals surface area contributed by atoms with Gasteiger partial charge >= 0.3 is 0 Å². The van der Waals surface area contributed by atoms with Crippen molar-refractivity contribution in [2.45, 2.75) is 13.8 Å². The van der Waals surface area contributed by atoms with Crippen LogP contribution in [-0.2, 0) is 0 Å². The van der Waals surface area contributed by atoms with Crippen LogP contribution in [-0.4, -0.2) is 5.91 Å². The highest BCUT2D eigenvalue weighted by Gasteiger charge is 2.11.